The molecule has 44 heavy (non-hydrogen) atoms. The largest absolute Gasteiger partial charge is 0.455 e. The van der Waals surface area contributed by atoms with Gasteiger partial charge in [-0.3, -0.25) is 0 Å². The Morgan fingerprint density at radius 3 is 1.70 bits per heavy atom. The van der Waals surface area contributed by atoms with Gasteiger partial charge in [0.1, 0.15) is 34.0 Å². The zero-order valence-corrected chi connectivity index (χ0v) is 23.6. The van der Waals surface area contributed by atoms with Crippen molar-refractivity contribution in [2.45, 2.75) is 6.17 Å². The minimum absolute atomic E-state index is 0.485. The van der Waals surface area contributed by atoms with Crippen molar-refractivity contribution in [1.82, 2.24) is 5.32 Å². The van der Waals surface area contributed by atoms with E-state index in [2.05, 4.69) is 72.0 Å². The number of rotatable bonds is 4. The third-order valence-electron chi connectivity index (χ3n) is 8.36. The Labute approximate surface area is 252 Å². The van der Waals surface area contributed by atoms with E-state index in [-0.39, 0.29) is 0 Å². The van der Waals surface area contributed by atoms with E-state index in [0.717, 1.165) is 83.4 Å². The van der Waals surface area contributed by atoms with Gasteiger partial charge in [-0.15, -0.1) is 0 Å². The maximum absolute atomic E-state index is 6.66. The van der Waals surface area contributed by atoms with Crippen LogP contribution in [0.2, 0.25) is 0 Å². The van der Waals surface area contributed by atoms with E-state index in [1.807, 2.05) is 72.8 Å². The van der Waals surface area contributed by atoms with Gasteiger partial charge in [0, 0.05) is 49.4 Å². The molecule has 208 valence electrons. The number of hydrogen-bond donors (Lipinski definition) is 1. The van der Waals surface area contributed by atoms with Crippen molar-refractivity contribution in [2.75, 3.05) is 0 Å². The second kappa shape index (κ2) is 9.82. The lowest BCUT2D eigenvalue weighted by atomic mass is 9.96. The average Bonchev–Trinajstić information content (AvgIpc) is 3.68. The minimum Gasteiger partial charge on any atom is -0.455 e. The van der Waals surface area contributed by atoms with E-state index in [1.54, 1.807) is 0 Å². The Hall–Kier alpha value is -5.94. The molecule has 6 aromatic carbocycles. The molecule has 8 aromatic rings. The molecule has 0 unspecified atom stereocenters. The van der Waals surface area contributed by atoms with Crippen LogP contribution in [-0.4, -0.2) is 11.7 Å². The fourth-order valence-electron chi connectivity index (χ4n) is 6.32. The molecule has 2 aromatic heterocycles. The van der Waals surface area contributed by atoms with Crippen LogP contribution in [0.25, 0.3) is 55.0 Å². The van der Waals surface area contributed by atoms with Gasteiger partial charge in [0.2, 0.25) is 0 Å². The first kappa shape index (κ1) is 24.6. The van der Waals surface area contributed by atoms with E-state index < -0.39 is 6.17 Å². The molecular weight excluding hydrogens is 542 g/mol. The highest BCUT2D eigenvalue weighted by Gasteiger charge is 2.26. The minimum atomic E-state index is -0.485. The monoisotopic (exact) mass is 567 g/mol. The first-order chi connectivity index (χ1) is 21.8. The van der Waals surface area contributed by atoms with Gasteiger partial charge in [-0.2, -0.15) is 0 Å². The highest BCUT2D eigenvalue weighted by atomic mass is 16.3. The van der Waals surface area contributed by atoms with E-state index in [0.29, 0.717) is 0 Å². The highest BCUT2D eigenvalue weighted by Crippen LogP contribution is 2.44. The molecular formula is C39H25N3O2. The molecule has 1 aliphatic rings. The van der Waals surface area contributed by atoms with Crippen LogP contribution in [-0.2, 0) is 0 Å². The Morgan fingerprint density at radius 2 is 1.00 bits per heavy atom. The summed E-state index contributed by atoms with van der Waals surface area (Å²) in [5.74, 6) is 1.56. The smallest absolute Gasteiger partial charge is 0.170 e. The first-order valence-corrected chi connectivity index (χ1v) is 14.7. The Kier molecular flexibility index (Phi) is 5.50. The van der Waals surface area contributed by atoms with Crippen LogP contribution in [0.1, 0.15) is 22.9 Å². The van der Waals surface area contributed by atoms with Crippen LogP contribution >= 0.6 is 0 Å². The zero-order chi connectivity index (χ0) is 29.0. The maximum Gasteiger partial charge on any atom is 0.170 e. The number of nitrogens with zero attached hydrogens (tertiary/aromatic N) is 2. The van der Waals surface area contributed by atoms with Crippen LogP contribution < -0.4 is 5.32 Å². The SMILES string of the molecule is c1ccc(C2=NC(c3ccc(-c4cccc5c4oc4ccccc45)c4oc5ccccc5c34)N=C(c3ccccc3)N2)cc1. The summed E-state index contributed by atoms with van der Waals surface area (Å²) in [6.45, 7) is 0. The second-order valence-electron chi connectivity index (χ2n) is 11.0. The van der Waals surface area contributed by atoms with Crippen molar-refractivity contribution >= 4 is 55.5 Å². The summed E-state index contributed by atoms with van der Waals surface area (Å²) in [4.78, 5) is 10.3. The standard InChI is InChI=1S/C39H25N3O2/c1-3-12-24(13-4-1)37-40-38(25-14-5-2-6-15-25)42-39(41-37)31-23-22-29(36-34(31)30-17-8-10-21-33(30)44-36)28-19-11-18-27-26-16-7-9-20-32(26)43-35(27)28/h1-23,39H,(H,40,41,42). The number of aliphatic imine (C=N–C) groups is 2. The van der Waals surface area contributed by atoms with Gasteiger partial charge in [-0.25, -0.2) is 9.98 Å². The fourth-order valence-corrected chi connectivity index (χ4v) is 6.32. The predicted molar refractivity (Wildman–Crippen MR) is 178 cm³/mol. The molecule has 0 atom stereocenters. The van der Waals surface area contributed by atoms with E-state index >= 15 is 0 Å². The molecule has 5 nitrogen and oxygen atoms in total. The molecule has 0 spiro atoms. The summed E-state index contributed by atoms with van der Waals surface area (Å²) in [6.07, 6.45) is -0.485. The molecule has 3 heterocycles. The summed E-state index contributed by atoms with van der Waals surface area (Å²) in [5, 5.41) is 7.72. The van der Waals surface area contributed by atoms with Crippen LogP contribution in [0.3, 0.4) is 0 Å². The summed E-state index contributed by atoms with van der Waals surface area (Å²) < 4.78 is 13.1. The number of fused-ring (bicyclic) bond motifs is 6. The van der Waals surface area contributed by atoms with Gasteiger partial charge < -0.3 is 14.2 Å². The van der Waals surface area contributed by atoms with Crippen molar-refractivity contribution in [3.05, 3.63) is 156 Å². The normalized spacial score (nSPS) is 13.8. The molecule has 1 aliphatic heterocycles. The third-order valence-corrected chi connectivity index (χ3v) is 8.36. The number of furan rings is 2. The zero-order valence-electron chi connectivity index (χ0n) is 23.6. The third kappa shape index (κ3) is 3.87. The molecule has 0 aliphatic carbocycles. The molecule has 9 rings (SSSR count). The summed E-state index contributed by atoms with van der Waals surface area (Å²) in [7, 11) is 0. The van der Waals surface area contributed by atoms with Crippen molar-refractivity contribution in [3.63, 3.8) is 0 Å². The van der Waals surface area contributed by atoms with E-state index in [4.69, 9.17) is 18.8 Å². The number of nitrogens with one attached hydrogen (secondary N) is 1. The summed E-state index contributed by atoms with van der Waals surface area (Å²) in [6, 6.07) is 47.3. The lowest BCUT2D eigenvalue weighted by Gasteiger charge is -2.23. The van der Waals surface area contributed by atoms with Gasteiger partial charge in [-0.05, 0) is 12.1 Å². The van der Waals surface area contributed by atoms with Gasteiger partial charge in [0.25, 0.3) is 0 Å². The number of para-hydroxylation sites is 3. The van der Waals surface area contributed by atoms with Crippen molar-refractivity contribution in [3.8, 4) is 11.1 Å². The second-order valence-corrected chi connectivity index (χ2v) is 11.0. The predicted octanol–water partition coefficient (Wildman–Crippen LogP) is 9.65. The molecule has 0 fully saturated rings. The van der Waals surface area contributed by atoms with Crippen molar-refractivity contribution in [2.24, 2.45) is 9.98 Å². The number of benzene rings is 6. The lowest BCUT2D eigenvalue weighted by Crippen LogP contribution is -2.36. The topological polar surface area (TPSA) is 63.0 Å². The lowest BCUT2D eigenvalue weighted by molar-refractivity contribution is 0.664. The molecule has 5 heteroatoms. The van der Waals surface area contributed by atoms with Crippen LogP contribution in [0.5, 0.6) is 0 Å². The average molecular weight is 568 g/mol. The van der Waals surface area contributed by atoms with Gasteiger partial charge in [-0.1, -0.05) is 127 Å². The highest BCUT2D eigenvalue weighted by molar-refractivity contribution is 6.18. The molecule has 1 N–H and O–H groups in total. The molecule has 0 saturated carbocycles. The van der Waals surface area contributed by atoms with E-state index in [9.17, 15) is 0 Å². The fraction of sp³-hybridized carbons (Fsp3) is 0.0256. The molecule has 0 radical (unpaired) electrons. The van der Waals surface area contributed by atoms with Crippen molar-refractivity contribution < 1.29 is 8.83 Å². The number of amidine groups is 2. The molecule has 0 saturated heterocycles. The first-order valence-electron chi connectivity index (χ1n) is 14.7. The number of hydrogen-bond acceptors (Lipinski definition) is 5. The Bertz CT molecular complexity index is 2360. The van der Waals surface area contributed by atoms with Crippen molar-refractivity contribution in [1.29, 1.82) is 0 Å². The van der Waals surface area contributed by atoms with Crippen LogP contribution in [0.4, 0.5) is 0 Å². The Balaban J connectivity index is 1.30. The Morgan fingerprint density at radius 1 is 0.455 bits per heavy atom. The summed E-state index contributed by atoms with van der Waals surface area (Å²) >= 11 is 0. The van der Waals surface area contributed by atoms with Crippen LogP contribution in [0, 0.1) is 0 Å². The van der Waals surface area contributed by atoms with Crippen LogP contribution in [0.15, 0.2) is 158 Å². The summed E-state index contributed by atoms with van der Waals surface area (Å²) in [5.41, 5.74) is 8.27. The van der Waals surface area contributed by atoms with E-state index in [1.165, 1.54) is 0 Å². The van der Waals surface area contributed by atoms with Gasteiger partial charge >= 0.3 is 0 Å². The quantitative estimate of drug-likeness (QED) is 0.230. The molecule has 0 bridgehead atoms. The van der Waals surface area contributed by atoms with Gasteiger partial charge in [0.15, 0.2) is 6.17 Å². The van der Waals surface area contributed by atoms with Gasteiger partial charge in [0.05, 0.1) is 0 Å². The molecule has 0 amide bonds. The maximum atomic E-state index is 6.66.